The molecule has 0 bridgehead atoms. The molecule has 0 saturated carbocycles. The van der Waals surface area contributed by atoms with Crippen LogP contribution in [0.25, 0.3) is 10.9 Å². The van der Waals surface area contributed by atoms with Gasteiger partial charge >= 0.3 is 5.97 Å². The Morgan fingerprint density at radius 3 is 2.91 bits per heavy atom. The first-order valence-corrected chi connectivity index (χ1v) is 12.5. The predicted octanol–water partition coefficient (Wildman–Crippen LogP) is 4.20. The Labute approximate surface area is 209 Å². The van der Waals surface area contributed by atoms with Gasteiger partial charge in [0.2, 0.25) is 0 Å². The van der Waals surface area contributed by atoms with E-state index in [-0.39, 0.29) is 22.8 Å². The van der Waals surface area contributed by atoms with Gasteiger partial charge in [-0.05, 0) is 31.0 Å². The van der Waals surface area contributed by atoms with E-state index in [1.165, 1.54) is 26.4 Å². The van der Waals surface area contributed by atoms with Crippen molar-refractivity contribution in [2.24, 2.45) is 0 Å². The zero-order valence-electron chi connectivity index (χ0n) is 19.1. The monoisotopic (exact) mass is 522 g/mol. The molecule has 1 fully saturated rings. The summed E-state index contributed by atoms with van der Waals surface area (Å²) >= 11 is 5.91. The fraction of sp³-hybridized carbons (Fsp3) is 0.348. The van der Waals surface area contributed by atoms with Crippen LogP contribution in [0.2, 0.25) is 5.02 Å². The van der Waals surface area contributed by atoms with Crippen LogP contribution >= 0.6 is 11.6 Å². The number of piperidine rings is 1. The van der Waals surface area contributed by atoms with E-state index in [2.05, 4.69) is 15.3 Å². The van der Waals surface area contributed by atoms with Crippen molar-refractivity contribution in [1.82, 2.24) is 14.3 Å². The van der Waals surface area contributed by atoms with Crippen molar-refractivity contribution in [2.75, 3.05) is 31.5 Å². The number of methoxy groups -OCH3 is 1. The van der Waals surface area contributed by atoms with Crippen LogP contribution in [0.4, 0.5) is 15.9 Å². The molecule has 2 heterocycles. The number of halogens is 2. The Hall–Kier alpha value is -3.02. The highest BCUT2D eigenvalue weighted by molar-refractivity contribution is 7.82. The molecule has 0 aliphatic carbocycles. The van der Waals surface area contributed by atoms with Crippen LogP contribution in [-0.4, -0.2) is 56.7 Å². The van der Waals surface area contributed by atoms with Gasteiger partial charge in [0, 0.05) is 31.5 Å². The Balaban J connectivity index is 1.59. The molecule has 4 rings (SSSR count). The van der Waals surface area contributed by atoms with Crippen molar-refractivity contribution in [3.63, 3.8) is 0 Å². The molecule has 2 atom stereocenters. The highest BCUT2D eigenvalue weighted by atomic mass is 35.5. The summed E-state index contributed by atoms with van der Waals surface area (Å²) in [6.07, 6.45) is 2.59. The fourth-order valence-corrected chi connectivity index (χ4v) is 4.97. The third-order valence-corrected chi connectivity index (χ3v) is 6.93. The molecule has 2 unspecified atom stereocenters. The van der Waals surface area contributed by atoms with E-state index in [1.807, 2.05) is 0 Å². The number of ether oxygens (including phenoxy) is 3. The van der Waals surface area contributed by atoms with Gasteiger partial charge in [-0.2, -0.15) is 0 Å². The summed E-state index contributed by atoms with van der Waals surface area (Å²) in [5.74, 6) is 0.0318. The molecule has 1 N–H and O–H groups in total. The number of nitrogens with one attached hydrogen (secondary N) is 1. The Morgan fingerprint density at radius 1 is 1.31 bits per heavy atom. The molecule has 0 radical (unpaired) electrons. The topological polar surface area (TPSA) is 103 Å². The van der Waals surface area contributed by atoms with Crippen LogP contribution in [0.15, 0.2) is 36.7 Å². The minimum atomic E-state index is -1.46. The maximum absolute atomic E-state index is 14.5. The molecule has 1 aliphatic rings. The van der Waals surface area contributed by atoms with Crippen molar-refractivity contribution in [3.05, 3.63) is 47.5 Å². The summed E-state index contributed by atoms with van der Waals surface area (Å²) in [5.41, 5.74) is 0.746. The Morgan fingerprint density at radius 2 is 2.14 bits per heavy atom. The van der Waals surface area contributed by atoms with E-state index in [0.29, 0.717) is 41.3 Å². The van der Waals surface area contributed by atoms with Crippen LogP contribution in [0, 0.1) is 5.82 Å². The second-order valence-electron chi connectivity index (χ2n) is 7.81. The zero-order chi connectivity index (χ0) is 24.9. The lowest BCUT2D eigenvalue weighted by Gasteiger charge is -2.31. The first-order chi connectivity index (χ1) is 16.9. The molecule has 0 spiro atoms. The number of nitrogens with zero attached hydrogens (tertiary/aromatic N) is 3. The molecule has 3 aromatic rings. The van der Waals surface area contributed by atoms with Gasteiger partial charge < -0.3 is 19.5 Å². The van der Waals surface area contributed by atoms with Crippen molar-refractivity contribution in [1.29, 1.82) is 0 Å². The van der Waals surface area contributed by atoms with E-state index in [9.17, 15) is 13.4 Å². The standard InChI is InChI=1S/C23H24ClFN4O5S/c1-14(30)33-13-35(31)29-8-4-5-15(11-29)34-21-9-16-19(10-20(21)32-2)26-12-27-23(16)28-18-7-3-6-17(24)22(18)25/h3,6-7,9-10,12,15H,4-5,8,11,13H2,1-2H3,(H,26,27,28). The lowest BCUT2D eigenvalue weighted by Crippen LogP contribution is -2.43. The van der Waals surface area contributed by atoms with Crippen molar-refractivity contribution in [2.45, 2.75) is 25.9 Å². The molecule has 186 valence electrons. The van der Waals surface area contributed by atoms with Crippen LogP contribution in [-0.2, 0) is 20.5 Å². The Bertz CT molecular complexity index is 1260. The van der Waals surface area contributed by atoms with Gasteiger partial charge in [0.15, 0.2) is 23.3 Å². The van der Waals surface area contributed by atoms with Crippen molar-refractivity contribution >= 4 is 51.0 Å². The lowest BCUT2D eigenvalue weighted by atomic mass is 10.1. The van der Waals surface area contributed by atoms with E-state index in [4.69, 9.17) is 25.8 Å². The molecule has 12 heteroatoms. The van der Waals surface area contributed by atoms with Gasteiger partial charge in [-0.3, -0.25) is 4.79 Å². The number of esters is 1. The number of rotatable bonds is 8. The van der Waals surface area contributed by atoms with Gasteiger partial charge in [0.25, 0.3) is 0 Å². The molecule has 1 saturated heterocycles. The number of benzene rings is 2. The predicted molar refractivity (Wildman–Crippen MR) is 131 cm³/mol. The highest BCUT2D eigenvalue weighted by Crippen LogP contribution is 2.36. The number of aromatic nitrogens is 2. The van der Waals surface area contributed by atoms with Gasteiger partial charge in [-0.25, -0.2) is 22.9 Å². The molecule has 9 nitrogen and oxygen atoms in total. The van der Waals surface area contributed by atoms with Crippen molar-refractivity contribution in [3.8, 4) is 11.5 Å². The summed E-state index contributed by atoms with van der Waals surface area (Å²) in [7, 11) is 0.0619. The molecule has 35 heavy (non-hydrogen) atoms. The summed E-state index contributed by atoms with van der Waals surface area (Å²) in [6.45, 7) is 2.27. The smallest absolute Gasteiger partial charge is 0.303 e. The van der Waals surface area contributed by atoms with E-state index in [0.717, 1.165) is 12.8 Å². The number of anilines is 2. The second-order valence-corrected chi connectivity index (χ2v) is 9.62. The summed E-state index contributed by atoms with van der Waals surface area (Å²) in [6, 6.07) is 8.10. The van der Waals surface area contributed by atoms with Gasteiger partial charge in [-0.15, -0.1) is 0 Å². The minimum absolute atomic E-state index is 0.00741. The fourth-order valence-electron chi connectivity index (χ4n) is 3.72. The lowest BCUT2D eigenvalue weighted by molar-refractivity contribution is -0.138. The molecule has 0 amide bonds. The van der Waals surface area contributed by atoms with Crippen LogP contribution < -0.4 is 14.8 Å². The quantitative estimate of drug-likeness (QED) is 0.439. The number of fused-ring (bicyclic) bond motifs is 1. The summed E-state index contributed by atoms with van der Waals surface area (Å²) in [5, 5.41) is 3.56. The zero-order valence-corrected chi connectivity index (χ0v) is 20.7. The van der Waals surface area contributed by atoms with Crippen LogP contribution in [0.1, 0.15) is 19.8 Å². The highest BCUT2D eigenvalue weighted by Gasteiger charge is 2.27. The Kier molecular flexibility index (Phi) is 7.99. The summed E-state index contributed by atoms with van der Waals surface area (Å²) < 4.78 is 45.3. The largest absolute Gasteiger partial charge is 0.493 e. The average molecular weight is 523 g/mol. The normalized spacial score (nSPS) is 17.1. The number of carbonyl (C=O) groups excluding carboxylic acids is 1. The third-order valence-electron chi connectivity index (χ3n) is 5.41. The second kappa shape index (κ2) is 11.1. The van der Waals surface area contributed by atoms with Crippen LogP contribution in [0.5, 0.6) is 11.5 Å². The molecular formula is C23H24ClFN4O5S. The average Bonchev–Trinajstić information content (AvgIpc) is 2.85. The number of carbonyl (C=O) groups is 1. The van der Waals surface area contributed by atoms with Gasteiger partial charge in [-0.1, -0.05) is 17.7 Å². The van der Waals surface area contributed by atoms with E-state index in [1.54, 1.807) is 28.6 Å². The first-order valence-electron chi connectivity index (χ1n) is 10.8. The maximum atomic E-state index is 14.5. The molecule has 1 aromatic heterocycles. The maximum Gasteiger partial charge on any atom is 0.303 e. The van der Waals surface area contributed by atoms with Crippen LogP contribution in [0.3, 0.4) is 0 Å². The summed E-state index contributed by atoms with van der Waals surface area (Å²) in [4.78, 5) is 19.6. The van der Waals surface area contributed by atoms with Gasteiger partial charge in [0.1, 0.15) is 29.2 Å². The third kappa shape index (κ3) is 5.98. The number of hydrogen-bond acceptors (Lipinski definition) is 8. The van der Waals surface area contributed by atoms with Crippen molar-refractivity contribution < 1.29 is 27.6 Å². The first kappa shape index (κ1) is 25.1. The van der Waals surface area contributed by atoms with E-state index < -0.39 is 22.8 Å². The minimum Gasteiger partial charge on any atom is -0.493 e. The molecule has 2 aromatic carbocycles. The molecular weight excluding hydrogens is 499 g/mol. The SMILES string of the molecule is COc1cc2ncnc(Nc3cccc(Cl)c3F)c2cc1OC1CCCN(S(=O)COC(C)=O)C1. The van der Waals surface area contributed by atoms with E-state index >= 15 is 0 Å². The van der Waals surface area contributed by atoms with Gasteiger partial charge in [0.05, 0.1) is 23.3 Å². The number of hydrogen-bond donors (Lipinski definition) is 1. The molecule has 1 aliphatic heterocycles.